The van der Waals surface area contributed by atoms with E-state index in [1.807, 2.05) is 0 Å². The highest BCUT2D eigenvalue weighted by Gasteiger charge is 2.38. The second kappa shape index (κ2) is 6.06. The van der Waals surface area contributed by atoms with Crippen LogP contribution in [0.2, 0.25) is 0 Å². The molecule has 0 amide bonds. The Bertz CT molecular complexity index is 780. The molecule has 1 saturated heterocycles. The number of imidazole rings is 1. The van der Waals surface area contributed by atoms with Crippen molar-refractivity contribution in [1.29, 1.82) is 0 Å². The first kappa shape index (κ1) is 16.7. The van der Waals surface area contributed by atoms with E-state index in [0.717, 1.165) is 0 Å². The Kier molecular flexibility index (Phi) is 4.40. The number of anilines is 1. The van der Waals surface area contributed by atoms with E-state index in [1.54, 1.807) is 4.57 Å². The van der Waals surface area contributed by atoms with Crippen LogP contribution in [-0.4, -0.2) is 53.2 Å². The molecule has 0 aliphatic carbocycles. The minimum Gasteiger partial charge on any atom is -0.390 e. The summed E-state index contributed by atoms with van der Waals surface area (Å²) in [7, 11) is -4.64. The second-order valence-corrected chi connectivity index (χ2v) is 6.85. The molecule has 13 heteroatoms. The van der Waals surface area contributed by atoms with Crippen LogP contribution in [0, 0.1) is 0 Å². The lowest BCUT2D eigenvalue weighted by Gasteiger charge is -2.16. The molecule has 11 nitrogen and oxygen atoms in total. The molecule has 126 valence electrons. The van der Waals surface area contributed by atoms with Crippen LogP contribution in [0.3, 0.4) is 0 Å². The SMILES string of the molecule is Nc1ncnc2c1nc(Br)n2[C@H]1CC(O)[C@@H](COP(=O)(O)O)O1. The first-order valence-corrected chi connectivity index (χ1v) is 8.76. The number of fused-ring (bicyclic) bond motifs is 1. The van der Waals surface area contributed by atoms with Crippen molar-refractivity contribution < 1.29 is 28.7 Å². The molecule has 0 aromatic carbocycles. The number of phosphoric ester groups is 1. The van der Waals surface area contributed by atoms with E-state index < -0.39 is 32.9 Å². The second-order valence-electron chi connectivity index (χ2n) is 4.90. The lowest BCUT2D eigenvalue weighted by molar-refractivity contribution is -0.0431. The van der Waals surface area contributed by atoms with Gasteiger partial charge < -0.3 is 25.4 Å². The molecule has 0 spiro atoms. The molecule has 1 unspecified atom stereocenters. The monoisotopic (exact) mass is 409 g/mol. The van der Waals surface area contributed by atoms with Gasteiger partial charge in [-0.05, 0) is 15.9 Å². The number of phosphoric acid groups is 1. The van der Waals surface area contributed by atoms with E-state index in [1.165, 1.54) is 6.33 Å². The number of ether oxygens (including phenoxy) is 1. The van der Waals surface area contributed by atoms with Crippen molar-refractivity contribution in [2.45, 2.75) is 24.9 Å². The minimum absolute atomic E-state index is 0.170. The number of nitrogen functional groups attached to an aromatic ring is 1. The highest BCUT2D eigenvalue weighted by atomic mass is 79.9. The first-order valence-electron chi connectivity index (χ1n) is 6.44. The number of aliphatic hydroxyl groups excluding tert-OH is 1. The lowest BCUT2D eigenvalue weighted by Crippen LogP contribution is -2.25. The summed E-state index contributed by atoms with van der Waals surface area (Å²) in [5.41, 5.74) is 6.54. The van der Waals surface area contributed by atoms with Crippen molar-refractivity contribution in [1.82, 2.24) is 19.5 Å². The van der Waals surface area contributed by atoms with E-state index in [0.29, 0.717) is 15.9 Å². The molecular weight excluding hydrogens is 397 g/mol. The van der Waals surface area contributed by atoms with Crippen LogP contribution in [0.15, 0.2) is 11.1 Å². The standard InChI is InChI=1S/C10H13BrN5O6P/c11-10-15-7-8(12)13-3-14-9(7)16(10)6-1-4(17)5(22-6)2-21-23(18,19)20/h3-6,17H,1-2H2,(H2,12,13,14)(H2,18,19,20)/t4?,5-,6-/m1/s1. The molecule has 2 aromatic heterocycles. The molecule has 3 rings (SSSR count). The van der Waals surface area contributed by atoms with Crippen LogP contribution in [0.1, 0.15) is 12.6 Å². The Hall–Kier alpha value is -1.14. The zero-order valence-electron chi connectivity index (χ0n) is 11.5. The largest absolute Gasteiger partial charge is 0.469 e. The summed E-state index contributed by atoms with van der Waals surface area (Å²) in [6, 6.07) is 0. The number of aliphatic hydroxyl groups is 1. The highest BCUT2D eigenvalue weighted by molar-refractivity contribution is 9.10. The Morgan fingerprint density at radius 1 is 1.52 bits per heavy atom. The van der Waals surface area contributed by atoms with Gasteiger partial charge in [0.2, 0.25) is 0 Å². The van der Waals surface area contributed by atoms with Gasteiger partial charge >= 0.3 is 7.82 Å². The lowest BCUT2D eigenvalue weighted by atomic mass is 10.2. The summed E-state index contributed by atoms with van der Waals surface area (Å²) in [6.45, 7) is -0.441. The predicted octanol–water partition coefficient (Wildman–Crippen LogP) is -0.0713. The van der Waals surface area contributed by atoms with Gasteiger partial charge in [-0.2, -0.15) is 0 Å². The van der Waals surface area contributed by atoms with Crippen LogP contribution < -0.4 is 5.73 Å². The van der Waals surface area contributed by atoms with Gasteiger partial charge in [0.25, 0.3) is 0 Å². The van der Waals surface area contributed by atoms with Crippen LogP contribution in [0.25, 0.3) is 11.2 Å². The van der Waals surface area contributed by atoms with Crippen molar-refractivity contribution in [2.75, 3.05) is 12.3 Å². The number of nitrogens with zero attached hydrogens (tertiary/aromatic N) is 4. The van der Waals surface area contributed by atoms with Crippen molar-refractivity contribution >= 4 is 40.7 Å². The van der Waals surface area contributed by atoms with E-state index in [9.17, 15) is 9.67 Å². The van der Waals surface area contributed by atoms with E-state index in [-0.39, 0.29) is 12.2 Å². The third-order valence-electron chi connectivity index (χ3n) is 3.36. The molecular formula is C10H13BrN5O6P. The van der Waals surface area contributed by atoms with Gasteiger partial charge in [-0.15, -0.1) is 0 Å². The molecule has 0 radical (unpaired) electrons. The van der Waals surface area contributed by atoms with Crippen molar-refractivity contribution in [3.8, 4) is 0 Å². The maximum Gasteiger partial charge on any atom is 0.469 e. The maximum atomic E-state index is 10.8. The van der Waals surface area contributed by atoms with Crippen LogP contribution in [0.5, 0.6) is 0 Å². The van der Waals surface area contributed by atoms with Gasteiger partial charge in [-0.25, -0.2) is 19.5 Å². The number of aromatic nitrogens is 4. The Morgan fingerprint density at radius 2 is 2.26 bits per heavy atom. The Balaban J connectivity index is 1.85. The molecule has 3 atom stereocenters. The van der Waals surface area contributed by atoms with Crippen LogP contribution in [0.4, 0.5) is 5.82 Å². The van der Waals surface area contributed by atoms with E-state index >= 15 is 0 Å². The number of nitrogens with two attached hydrogens (primary N) is 1. The fraction of sp³-hybridized carbons (Fsp3) is 0.500. The van der Waals surface area contributed by atoms with Gasteiger partial charge in [-0.3, -0.25) is 9.09 Å². The topological polar surface area (TPSA) is 166 Å². The Morgan fingerprint density at radius 3 is 2.96 bits per heavy atom. The summed E-state index contributed by atoms with van der Waals surface area (Å²) in [5, 5.41) is 10.0. The van der Waals surface area contributed by atoms with Gasteiger partial charge in [-0.1, -0.05) is 0 Å². The van der Waals surface area contributed by atoms with Gasteiger partial charge in [0.05, 0.1) is 12.7 Å². The molecule has 1 aliphatic heterocycles. The molecule has 3 heterocycles. The summed E-state index contributed by atoms with van der Waals surface area (Å²) in [6.07, 6.45) is -1.05. The van der Waals surface area contributed by atoms with Gasteiger partial charge in [0, 0.05) is 6.42 Å². The third-order valence-corrected chi connectivity index (χ3v) is 4.41. The summed E-state index contributed by atoms with van der Waals surface area (Å²) in [5.74, 6) is 0.203. The fourth-order valence-electron chi connectivity index (χ4n) is 2.35. The van der Waals surface area contributed by atoms with Gasteiger partial charge in [0.15, 0.2) is 21.7 Å². The zero-order chi connectivity index (χ0) is 16.8. The normalized spacial score (nSPS) is 25.3. The van der Waals surface area contributed by atoms with Crippen LogP contribution in [-0.2, 0) is 13.8 Å². The summed E-state index contributed by atoms with van der Waals surface area (Å²) in [4.78, 5) is 29.6. The molecule has 0 saturated carbocycles. The number of hydrogen-bond donors (Lipinski definition) is 4. The fourth-order valence-corrected chi connectivity index (χ4v) is 3.26. The number of hydrogen-bond acceptors (Lipinski definition) is 8. The number of halogens is 1. The third kappa shape index (κ3) is 3.38. The molecule has 2 aromatic rings. The first-order chi connectivity index (χ1) is 10.8. The van der Waals surface area contributed by atoms with Crippen molar-refractivity contribution in [2.24, 2.45) is 0 Å². The quantitative estimate of drug-likeness (QED) is 0.396. The minimum atomic E-state index is -4.64. The summed E-state index contributed by atoms with van der Waals surface area (Å²) >= 11 is 3.28. The van der Waals surface area contributed by atoms with E-state index in [4.69, 9.17) is 20.3 Å². The summed E-state index contributed by atoms with van der Waals surface area (Å²) < 4.78 is 22.7. The Labute approximate surface area is 137 Å². The van der Waals surface area contributed by atoms with Crippen molar-refractivity contribution in [3.05, 3.63) is 11.1 Å². The highest BCUT2D eigenvalue weighted by Crippen LogP contribution is 2.39. The number of rotatable bonds is 4. The molecule has 0 bridgehead atoms. The smallest absolute Gasteiger partial charge is 0.390 e. The average Bonchev–Trinajstić information content (AvgIpc) is 2.96. The predicted molar refractivity (Wildman–Crippen MR) is 80.0 cm³/mol. The average molecular weight is 410 g/mol. The van der Waals surface area contributed by atoms with Crippen molar-refractivity contribution in [3.63, 3.8) is 0 Å². The maximum absolute atomic E-state index is 10.8. The van der Waals surface area contributed by atoms with E-state index in [2.05, 4.69) is 35.4 Å². The molecule has 23 heavy (non-hydrogen) atoms. The zero-order valence-corrected chi connectivity index (χ0v) is 14.0. The molecule has 1 aliphatic rings. The van der Waals surface area contributed by atoms with Crippen LogP contribution >= 0.6 is 23.8 Å². The molecule has 5 N–H and O–H groups in total. The molecule has 1 fully saturated rings. The van der Waals surface area contributed by atoms with Gasteiger partial charge in [0.1, 0.15) is 18.7 Å².